The van der Waals surface area contributed by atoms with Gasteiger partial charge in [0.25, 0.3) is 5.91 Å². The number of aryl methyl sites for hydroxylation is 1. The number of nitriles is 1. The number of furan rings is 1. The Morgan fingerprint density at radius 2 is 1.75 bits per heavy atom. The molecule has 2 atom stereocenters. The first-order valence-corrected chi connectivity index (χ1v) is 13.2. The smallest absolute Gasteiger partial charge is 0.328 e. The van der Waals surface area contributed by atoms with Crippen molar-refractivity contribution >= 4 is 23.5 Å². The highest BCUT2D eigenvalue weighted by Crippen LogP contribution is 2.27. The molecule has 0 saturated heterocycles. The second-order valence-electron chi connectivity index (χ2n) is 9.54. The number of carbonyl (C=O) groups excluding carboxylic acids is 2. The topological polar surface area (TPSA) is 104 Å². The molecule has 0 radical (unpaired) electrons. The van der Waals surface area contributed by atoms with Crippen molar-refractivity contribution in [3.05, 3.63) is 117 Å². The molecular formula is C32H30ClN3O4. The molecular weight excluding hydrogens is 526 g/mol. The Hall–Kier alpha value is -4.38. The van der Waals surface area contributed by atoms with E-state index < -0.39 is 17.9 Å². The number of amides is 1. The van der Waals surface area contributed by atoms with Crippen LogP contribution in [0.4, 0.5) is 0 Å². The van der Waals surface area contributed by atoms with E-state index in [4.69, 9.17) is 26.0 Å². The monoisotopic (exact) mass is 555 g/mol. The van der Waals surface area contributed by atoms with Crippen LogP contribution in [0.2, 0.25) is 5.02 Å². The molecule has 0 aliphatic rings. The van der Waals surface area contributed by atoms with Crippen LogP contribution in [0, 0.1) is 18.3 Å². The van der Waals surface area contributed by atoms with E-state index in [1.165, 1.54) is 18.2 Å². The van der Waals surface area contributed by atoms with Crippen LogP contribution in [0.5, 0.6) is 0 Å². The quantitative estimate of drug-likeness (QED) is 0.228. The lowest BCUT2D eigenvalue weighted by molar-refractivity contribution is -0.142. The molecule has 40 heavy (non-hydrogen) atoms. The fraction of sp³-hybridized carbons (Fsp3) is 0.219. The first-order valence-electron chi connectivity index (χ1n) is 12.8. The molecule has 4 rings (SSSR count). The molecule has 0 fully saturated rings. The Labute approximate surface area is 238 Å². The van der Waals surface area contributed by atoms with E-state index in [0.29, 0.717) is 23.4 Å². The normalized spacial score (nSPS) is 12.3. The van der Waals surface area contributed by atoms with E-state index in [1.807, 2.05) is 12.1 Å². The molecule has 0 aliphatic carbocycles. The summed E-state index contributed by atoms with van der Waals surface area (Å²) in [5, 5.41) is 15.4. The SMILES string of the molecule is COC(=O)C(Cc1ccc(C#N)cc1)NC(=O)c1cc(-c2ccc(CNC(C)c3ccc(C)cc3)o2)ccc1Cl. The number of methoxy groups -OCH3 is 1. The minimum Gasteiger partial charge on any atom is -0.467 e. The van der Waals surface area contributed by atoms with Crippen molar-refractivity contribution in [3.63, 3.8) is 0 Å². The zero-order chi connectivity index (χ0) is 28.6. The minimum atomic E-state index is -0.943. The third-order valence-electron chi connectivity index (χ3n) is 6.63. The Morgan fingerprint density at radius 3 is 2.42 bits per heavy atom. The fourth-order valence-electron chi connectivity index (χ4n) is 4.23. The van der Waals surface area contributed by atoms with Crippen molar-refractivity contribution in [1.82, 2.24) is 10.6 Å². The van der Waals surface area contributed by atoms with Crippen molar-refractivity contribution in [1.29, 1.82) is 5.26 Å². The Balaban J connectivity index is 1.45. The van der Waals surface area contributed by atoms with Crippen molar-refractivity contribution in [2.45, 2.75) is 38.9 Å². The second-order valence-corrected chi connectivity index (χ2v) is 9.94. The summed E-state index contributed by atoms with van der Waals surface area (Å²) in [6.45, 7) is 4.70. The number of esters is 1. The average molecular weight is 556 g/mol. The third-order valence-corrected chi connectivity index (χ3v) is 6.96. The highest BCUT2D eigenvalue weighted by Gasteiger charge is 2.24. The maximum atomic E-state index is 13.2. The summed E-state index contributed by atoms with van der Waals surface area (Å²) < 4.78 is 11.0. The minimum absolute atomic E-state index is 0.145. The van der Waals surface area contributed by atoms with Gasteiger partial charge in [0.15, 0.2) is 0 Å². The second kappa shape index (κ2) is 13.1. The van der Waals surface area contributed by atoms with Gasteiger partial charge in [0.05, 0.1) is 35.9 Å². The van der Waals surface area contributed by atoms with Crippen LogP contribution in [0.1, 0.15) is 51.3 Å². The van der Waals surface area contributed by atoms with Crippen molar-refractivity contribution < 1.29 is 18.7 Å². The van der Waals surface area contributed by atoms with Gasteiger partial charge < -0.3 is 19.8 Å². The van der Waals surface area contributed by atoms with E-state index in [0.717, 1.165) is 11.3 Å². The molecule has 8 heteroatoms. The largest absolute Gasteiger partial charge is 0.467 e. The number of rotatable bonds is 10. The molecule has 0 bridgehead atoms. The molecule has 1 amide bonds. The predicted molar refractivity (Wildman–Crippen MR) is 154 cm³/mol. The van der Waals surface area contributed by atoms with Gasteiger partial charge in [-0.3, -0.25) is 4.79 Å². The van der Waals surface area contributed by atoms with Gasteiger partial charge in [0, 0.05) is 18.0 Å². The molecule has 3 aromatic carbocycles. The molecule has 1 heterocycles. The van der Waals surface area contributed by atoms with E-state index in [2.05, 4.69) is 54.8 Å². The van der Waals surface area contributed by atoms with Crippen LogP contribution in [0.25, 0.3) is 11.3 Å². The van der Waals surface area contributed by atoms with Gasteiger partial charge in [-0.25, -0.2) is 4.79 Å². The van der Waals surface area contributed by atoms with Crippen molar-refractivity contribution in [2.75, 3.05) is 7.11 Å². The van der Waals surface area contributed by atoms with Crippen LogP contribution in [-0.2, 0) is 22.5 Å². The van der Waals surface area contributed by atoms with Crippen LogP contribution >= 0.6 is 11.6 Å². The maximum Gasteiger partial charge on any atom is 0.328 e. The standard InChI is InChI=1S/C32H30ClN3O4/c1-20-4-10-24(11-5-20)21(2)35-19-26-13-15-30(40-26)25-12-14-28(33)27(17-25)31(37)36-29(32(38)39-3)16-22-6-8-23(18-34)9-7-22/h4-15,17,21,29,35H,16,19H2,1-3H3,(H,36,37). The predicted octanol–water partition coefficient (Wildman–Crippen LogP) is 6.15. The van der Waals surface area contributed by atoms with Crippen LogP contribution < -0.4 is 10.6 Å². The fourth-order valence-corrected chi connectivity index (χ4v) is 4.43. The zero-order valence-electron chi connectivity index (χ0n) is 22.5. The number of carbonyl (C=O) groups is 2. The highest BCUT2D eigenvalue weighted by molar-refractivity contribution is 6.34. The Kier molecular flexibility index (Phi) is 9.39. The summed E-state index contributed by atoms with van der Waals surface area (Å²) in [5.74, 6) is 0.236. The summed E-state index contributed by atoms with van der Waals surface area (Å²) in [5.41, 5.74) is 4.56. The van der Waals surface area contributed by atoms with Crippen LogP contribution in [-0.4, -0.2) is 25.0 Å². The molecule has 2 unspecified atom stereocenters. The van der Waals surface area contributed by atoms with Gasteiger partial charge in [-0.1, -0.05) is 53.6 Å². The average Bonchev–Trinajstić information content (AvgIpc) is 3.45. The summed E-state index contributed by atoms with van der Waals surface area (Å²) in [6, 6.07) is 25.2. The van der Waals surface area contributed by atoms with E-state index >= 15 is 0 Å². The van der Waals surface area contributed by atoms with Crippen LogP contribution in [0.3, 0.4) is 0 Å². The molecule has 7 nitrogen and oxygen atoms in total. The number of hydrogen-bond donors (Lipinski definition) is 2. The highest BCUT2D eigenvalue weighted by atomic mass is 35.5. The van der Waals surface area contributed by atoms with Gasteiger partial charge in [-0.15, -0.1) is 0 Å². The summed E-state index contributed by atoms with van der Waals surface area (Å²) in [4.78, 5) is 25.7. The molecule has 4 aromatic rings. The number of hydrogen-bond acceptors (Lipinski definition) is 6. The number of nitrogens with one attached hydrogen (secondary N) is 2. The lowest BCUT2D eigenvalue weighted by Crippen LogP contribution is -2.43. The van der Waals surface area contributed by atoms with Crippen molar-refractivity contribution in [3.8, 4) is 17.4 Å². The zero-order valence-corrected chi connectivity index (χ0v) is 23.3. The maximum absolute atomic E-state index is 13.2. The first kappa shape index (κ1) is 28.6. The lowest BCUT2D eigenvalue weighted by Gasteiger charge is -2.17. The van der Waals surface area contributed by atoms with E-state index in [9.17, 15) is 9.59 Å². The van der Waals surface area contributed by atoms with Gasteiger partial charge in [-0.05, 0) is 67.4 Å². The van der Waals surface area contributed by atoms with Crippen LogP contribution in [0.15, 0.2) is 83.3 Å². The summed E-state index contributed by atoms with van der Waals surface area (Å²) in [6.07, 6.45) is 0.191. The molecule has 1 aromatic heterocycles. The van der Waals surface area contributed by atoms with Gasteiger partial charge in [-0.2, -0.15) is 5.26 Å². The van der Waals surface area contributed by atoms with E-state index in [1.54, 1.807) is 42.5 Å². The van der Waals surface area contributed by atoms with E-state index in [-0.39, 0.29) is 23.0 Å². The summed E-state index contributed by atoms with van der Waals surface area (Å²) >= 11 is 6.38. The van der Waals surface area contributed by atoms with Crippen molar-refractivity contribution in [2.24, 2.45) is 0 Å². The Morgan fingerprint density at radius 1 is 1.02 bits per heavy atom. The molecule has 0 saturated carbocycles. The molecule has 0 aliphatic heterocycles. The first-order chi connectivity index (χ1) is 19.3. The number of halogens is 1. The third kappa shape index (κ3) is 7.17. The number of ether oxygens (including phenoxy) is 1. The van der Waals surface area contributed by atoms with Gasteiger partial charge >= 0.3 is 5.97 Å². The number of benzene rings is 3. The molecule has 204 valence electrons. The van der Waals surface area contributed by atoms with Gasteiger partial charge in [0.2, 0.25) is 0 Å². The molecule has 0 spiro atoms. The summed E-state index contributed by atoms with van der Waals surface area (Å²) in [7, 11) is 1.26. The molecule has 2 N–H and O–H groups in total. The number of nitrogens with zero attached hydrogens (tertiary/aromatic N) is 1. The Bertz CT molecular complexity index is 1520. The lowest BCUT2D eigenvalue weighted by atomic mass is 10.0. The van der Waals surface area contributed by atoms with Gasteiger partial charge in [0.1, 0.15) is 17.6 Å².